The average Bonchev–Trinajstić information content (AvgIpc) is 2.17. The summed E-state index contributed by atoms with van der Waals surface area (Å²) < 4.78 is 0. The molecule has 1 aliphatic rings. The summed E-state index contributed by atoms with van der Waals surface area (Å²) in [6, 6.07) is 8.63. The smallest absolute Gasteiger partial charge is 0.0706 e. The standard InChI is InChI=1S/C13H14N2/c1-10-5-6-14-13-4-3-11(9-12(10)13)15-7-2-8-15/h3-6,9H,2,7-8H2,1H3. The number of fused-ring (bicyclic) bond motifs is 1. The topological polar surface area (TPSA) is 16.1 Å². The number of hydrogen-bond acceptors (Lipinski definition) is 2. The second-order valence-electron chi connectivity index (χ2n) is 4.17. The van der Waals surface area contributed by atoms with E-state index in [1.54, 1.807) is 0 Å². The summed E-state index contributed by atoms with van der Waals surface area (Å²) in [6.45, 7) is 4.54. The third kappa shape index (κ3) is 1.37. The van der Waals surface area contributed by atoms with Gasteiger partial charge >= 0.3 is 0 Å². The van der Waals surface area contributed by atoms with E-state index in [4.69, 9.17) is 0 Å². The molecule has 2 aromatic rings. The molecule has 2 nitrogen and oxygen atoms in total. The zero-order chi connectivity index (χ0) is 10.3. The first-order valence-electron chi connectivity index (χ1n) is 5.45. The highest BCUT2D eigenvalue weighted by Crippen LogP contribution is 2.25. The van der Waals surface area contributed by atoms with Crippen LogP contribution in [0.15, 0.2) is 30.5 Å². The average molecular weight is 198 g/mol. The van der Waals surface area contributed by atoms with Gasteiger partial charge in [-0.25, -0.2) is 0 Å². The van der Waals surface area contributed by atoms with E-state index >= 15 is 0 Å². The van der Waals surface area contributed by atoms with Crippen LogP contribution in [-0.4, -0.2) is 18.1 Å². The highest BCUT2D eigenvalue weighted by atomic mass is 15.2. The molecule has 0 atom stereocenters. The van der Waals surface area contributed by atoms with Gasteiger partial charge in [-0.05, 0) is 43.2 Å². The molecule has 0 saturated carbocycles. The Bertz CT molecular complexity index is 501. The molecule has 76 valence electrons. The van der Waals surface area contributed by atoms with Crippen LogP contribution in [0, 0.1) is 6.92 Å². The van der Waals surface area contributed by atoms with Crippen molar-refractivity contribution < 1.29 is 0 Å². The minimum absolute atomic E-state index is 1.10. The Morgan fingerprint density at radius 2 is 2.07 bits per heavy atom. The maximum Gasteiger partial charge on any atom is 0.0706 e. The first-order chi connectivity index (χ1) is 7.34. The monoisotopic (exact) mass is 198 g/mol. The number of rotatable bonds is 1. The molecule has 2 heteroatoms. The van der Waals surface area contributed by atoms with Gasteiger partial charge in [0.15, 0.2) is 0 Å². The summed E-state index contributed by atoms with van der Waals surface area (Å²) in [4.78, 5) is 6.78. The van der Waals surface area contributed by atoms with E-state index in [1.807, 2.05) is 6.20 Å². The largest absolute Gasteiger partial charge is 0.371 e. The second kappa shape index (κ2) is 3.23. The van der Waals surface area contributed by atoms with E-state index < -0.39 is 0 Å². The van der Waals surface area contributed by atoms with Crippen LogP contribution in [0.1, 0.15) is 12.0 Å². The third-order valence-electron chi connectivity index (χ3n) is 3.16. The Kier molecular flexibility index (Phi) is 1.88. The minimum Gasteiger partial charge on any atom is -0.371 e. The lowest BCUT2D eigenvalue weighted by molar-refractivity contribution is 0.618. The van der Waals surface area contributed by atoms with E-state index in [-0.39, 0.29) is 0 Å². The van der Waals surface area contributed by atoms with Crippen LogP contribution in [-0.2, 0) is 0 Å². The third-order valence-corrected chi connectivity index (χ3v) is 3.16. The number of pyridine rings is 1. The molecule has 0 amide bonds. The summed E-state index contributed by atoms with van der Waals surface area (Å²) in [6.07, 6.45) is 3.20. The van der Waals surface area contributed by atoms with Gasteiger partial charge in [0.05, 0.1) is 5.52 Å². The minimum atomic E-state index is 1.10. The van der Waals surface area contributed by atoms with Gasteiger partial charge in [0.25, 0.3) is 0 Å². The highest BCUT2D eigenvalue weighted by Gasteiger charge is 2.14. The molecule has 1 aromatic carbocycles. The van der Waals surface area contributed by atoms with Crippen LogP contribution in [0.2, 0.25) is 0 Å². The van der Waals surface area contributed by atoms with Crippen LogP contribution in [0.5, 0.6) is 0 Å². The first-order valence-corrected chi connectivity index (χ1v) is 5.45. The number of anilines is 1. The summed E-state index contributed by atoms with van der Waals surface area (Å²) >= 11 is 0. The number of aromatic nitrogens is 1. The molecule has 0 radical (unpaired) electrons. The molecule has 1 aromatic heterocycles. The van der Waals surface area contributed by atoms with Crippen molar-refractivity contribution in [2.24, 2.45) is 0 Å². The fraction of sp³-hybridized carbons (Fsp3) is 0.308. The van der Waals surface area contributed by atoms with E-state index in [9.17, 15) is 0 Å². The lowest BCUT2D eigenvalue weighted by atomic mass is 10.1. The van der Waals surface area contributed by atoms with Crippen molar-refractivity contribution in [1.29, 1.82) is 0 Å². The van der Waals surface area contributed by atoms with Gasteiger partial charge in [-0.2, -0.15) is 0 Å². The number of benzene rings is 1. The maximum absolute atomic E-state index is 4.37. The van der Waals surface area contributed by atoms with Gasteiger partial charge in [0, 0.05) is 30.4 Å². The van der Waals surface area contributed by atoms with Gasteiger partial charge in [-0.1, -0.05) is 0 Å². The Morgan fingerprint density at radius 1 is 1.20 bits per heavy atom. The van der Waals surface area contributed by atoms with Crippen LogP contribution < -0.4 is 4.90 Å². The Balaban J connectivity index is 2.15. The normalized spacial score (nSPS) is 15.4. The van der Waals surface area contributed by atoms with Crippen LogP contribution >= 0.6 is 0 Å². The zero-order valence-electron chi connectivity index (χ0n) is 8.90. The molecule has 0 bridgehead atoms. The summed E-state index contributed by atoms with van der Waals surface area (Å²) in [7, 11) is 0. The molecule has 0 unspecified atom stereocenters. The van der Waals surface area contributed by atoms with Crippen molar-refractivity contribution in [3.05, 3.63) is 36.0 Å². The number of hydrogen-bond donors (Lipinski definition) is 0. The molecule has 1 aliphatic heterocycles. The molecule has 0 N–H and O–H groups in total. The fourth-order valence-electron chi connectivity index (χ4n) is 2.04. The fourth-order valence-corrected chi connectivity index (χ4v) is 2.04. The molecular formula is C13H14N2. The van der Waals surface area contributed by atoms with Crippen molar-refractivity contribution in [2.75, 3.05) is 18.0 Å². The molecule has 1 saturated heterocycles. The SMILES string of the molecule is Cc1ccnc2ccc(N3CCC3)cc12. The van der Waals surface area contributed by atoms with Gasteiger partial charge < -0.3 is 4.90 Å². The van der Waals surface area contributed by atoms with E-state index in [2.05, 4.69) is 41.1 Å². The molecule has 0 aliphatic carbocycles. The van der Waals surface area contributed by atoms with Crippen LogP contribution in [0.3, 0.4) is 0 Å². The summed E-state index contributed by atoms with van der Waals surface area (Å²) in [5.41, 5.74) is 3.74. The van der Waals surface area contributed by atoms with Crippen LogP contribution in [0.25, 0.3) is 10.9 Å². The van der Waals surface area contributed by atoms with Crippen molar-refractivity contribution >= 4 is 16.6 Å². The molecule has 15 heavy (non-hydrogen) atoms. The lowest BCUT2D eigenvalue weighted by Gasteiger charge is -2.33. The Labute approximate surface area is 89.5 Å². The maximum atomic E-state index is 4.37. The molecular weight excluding hydrogens is 184 g/mol. The van der Waals surface area contributed by atoms with Crippen molar-refractivity contribution in [1.82, 2.24) is 4.98 Å². The van der Waals surface area contributed by atoms with Crippen LogP contribution in [0.4, 0.5) is 5.69 Å². The Hall–Kier alpha value is -1.57. The molecule has 3 rings (SSSR count). The molecule has 1 fully saturated rings. The predicted molar refractivity (Wildman–Crippen MR) is 63.3 cm³/mol. The summed E-state index contributed by atoms with van der Waals surface area (Å²) in [5.74, 6) is 0. The predicted octanol–water partition coefficient (Wildman–Crippen LogP) is 2.75. The molecule has 0 spiro atoms. The van der Waals surface area contributed by atoms with Crippen molar-refractivity contribution in [3.8, 4) is 0 Å². The van der Waals surface area contributed by atoms with E-state index in [0.717, 1.165) is 5.52 Å². The van der Waals surface area contributed by atoms with Gasteiger partial charge in [-0.15, -0.1) is 0 Å². The second-order valence-corrected chi connectivity index (χ2v) is 4.17. The van der Waals surface area contributed by atoms with Gasteiger partial charge in [-0.3, -0.25) is 4.98 Å². The Morgan fingerprint density at radius 3 is 2.80 bits per heavy atom. The lowest BCUT2D eigenvalue weighted by Crippen LogP contribution is -2.36. The number of nitrogens with zero attached hydrogens (tertiary/aromatic N) is 2. The van der Waals surface area contributed by atoms with Gasteiger partial charge in [0.2, 0.25) is 0 Å². The summed E-state index contributed by atoms with van der Waals surface area (Å²) in [5, 5.41) is 1.28. The van der Waals surface area contributed by atoms with Gasteiger partial charge in [0.1, 0.15) is 0 Å². The first kappa shape index (κ1) is 8.72. The van der Waals surface area contributed by atoms with E-state index in [0.29, 0.717) is 0 Å². The van der Waals surface area contributed by atoms with Crippen molar-refractivity contribution in [3.63, 3.8) is 0 Å². The number of aryl methyl sites for hydroxylation is 1. The molecule has 2 heterocycles. The highest BCUT2D eigenvalue weighted by molar-refractivity contribution is 5.85. The van der Waals surface area contributed by atoms with Crippen molar-refractivity contribution in [2.45, 2.75) is 13.3 Å². The quantitative estimate of drug-likeness (QED) is 0.700. The zero-order valence-corrected chi connectivity index (χ0v) is 8.90. The van der Waals surface area contributed by atoms with E-state index in [1.165, 1.54) is 36.1 Å².